The molecule has 0 aliphatic heterocycles. The summed E-state index contributed by atoms with van der Waals surface area (Å²) in [6.07, 6.45) is 4.49. The molecule has 2 rings (SSSR count). The van der Waals surface area contributed by atoms with Gasteiger partial charge < -0.3 is 4.43 Å². The zero-order valence-corrected chi connectivity index (χ0v) is 18.6. The van der Waals surface area contributed by atoms with Crippen molar-refractivity contribution in [3.8, 4) is 0 Å². The summed E-state index contributed by atoms with van der Waals surface area (Å²) in [4.78, 5) is 0. The van der Waals surface area contributed by atoms with E-state index in [2.05, 4.69) is 109 Å². The first-order valence-electron chi connectivity index (χ1n) is 8.65. The summed E-state index contributed by atoms with van der Waals surface area (Å²) < 4.78 is 8.69. The molecule has 0 saturated carbocycles. The zero-order chi connectivity index (χ0) is 17.8. The highest BCUT2D eigenvalue weighted by Gasteiger charge is 2.38. The van der Waals surface area contributed by atoms with E-state index in [0.29, 0.717) is 0 Å². The van der Waals surface area contributed by atoms with Crippen LogP contribution >= 0.6 is 22.6 Å². The summed E-state index contributed by atoms with van der Waals surface area (Å²) >= 11 is 2.30. The van der Waals surface area contributed by atoms with E-state index >= 15 is 0 Å². The fraction of sp³-hybridized carbons (Fsp3) is 0.429. The van der Waals surface area contributed by atoms with Crippen molar-refractivity contribution in [2.75, 3.05) is 0 Å². The van der Waals surface area contributed by atoms with Crippen molar-refractivity contribution in [2.24, 2.45) is 0 Å². The number of hydrogen-bond acceptors (Lipinski definition) is 1. The van der Waals surface area contributed by atoms with Crippen molar-refractivity contribution >= 4 is 41.7 Å². The standard InChI is InChI=1S/C21H29IOSi/c1-21(2,3)24(4,5)23-20(14-15-22)13-11-17-10-12-18-8-6-7-9-19(18)16-17/h6-10,12,14-16,20H,11,13H2,1-5H3. The van der Waals surface area contributed by atoms with E-state index in [1.807, 2.05) is 0 Å². The molecular weight excluding hydrogens is 423 g/mol. The van der Waals surface area contributed by atoms with Crippen LogP contribution in [-0.4, -0.2) is 14.4 Å². The molecule has 1 nitrogen and oxygen atoms in total. The zero-order valence-electron chi connectivity index (χ0n) is 15.5. The molecule has 130 valence electrons. The van der Waals surface area contributed by atoms with Gasteiger partial charge in [-0.2, -0.15) is 0 Å². The first-order valence-corrected chi connectivity index (χ1v) is 12.8. The Morgan fingerprint density at radius 1 is 1.08 bits per heavy atom. The summed E-state index contributed by atoms with van der Waals surface area (Å²) in [7, 11) is -1.74. The van der Waals surface area contributed by atoms with Gasteiger partial charge in [0.2, 0.25) is 0 Å². The number of fused-ring (bicyclic) bond motifs is 1. The minimum absolute atomic E-state index is 0.203. The van der Waals surface area contributed by atoms with E-state index in [-0.39, 0.29) is 11.1 Å². The van der Waals surface area contributed by atoms with Crippen LogP contribution in [0.5, 0.6) is 0 Å². The van der Waals surface area contributed by atoms with Gasteiger partial charge in [0, 0.05) is 0 Å². The Balaban J connectivity index is 2.07. The molecule has 0 amide bonds. The van der Waals surface area contributed by atoms with Crippen LogP contribution < -0.4 is 0 Å². The molecule has 0 bridgehead atoms. The van der Waals surface area contributed by atoms with Crippen molar-refractivity contribution in [3.05, 3.63) is 58.2 Å². The smallest absolute Gasteiger partial charge is 0.192 e. The predicted molar refractivity (Wildman–Crippen MR) is 117 cm³/mol. The van der Waals surface area contributed by atoms with Crippen LogP contribution in [-0.2, 0) is 10.8 Å². The van der Waals surface area contributed by atoms with Gasteiger partial charge in [0.25, 0.3) is 0 Å². The molecule has 0 aliphatic rings. The largest absolute Gasteiger partial charge is 0.411 e. The van der Waals surface area contributed by atoms with Gasteiger partial charge in [-0.25, -0.2) is 0 Å². The van der Waals surface area contributed by atoms with E-state index < -0.39 is 8.32 Å². The Hall–Kier alpha value is -0.653. The van der Waals surface area contributed by atoms with Crippen molar-refractivity contribution in [3.63, 3.8) is 0 Å². The predicted octanol–water partition coefficient (Wildman–Crippen LogP) is 7.11. The van der Waals surface area contributed by atoms with Gasteiger partial charge in [-0.05, 0) is 51.4 Å². The van der Waals surface area contributed by atoms with Crippen LogP contribution in [0.1, 0.15) is 32.8 Å². The number of rotatable bonds is 6. The summed E-state index contributed by atoms with van der Waals surface area (Å²) in [6, 6.07) is 15.3. The maximum absolute atomic E-state index is 6.60. The SMILES string of the molecule is CC(C)(C)[Si](C)(C)OC(C=CI)CCc1ccc2ccccc2c1. The van der Waals surface area contributed by atoms with Crippen LogP contribution in [0.3, 0.4) is 0 Å². The fourth-order valence-corrected chi connectivity index (χ4v) is 4.30. The lowest BCUT2D eigenvalue weighted by molar-refractivity contribution is 0.215. The van der Waals surface area contributed by atoms with E-state index in [1.165, 1.54) is 16.3 Å². The van der Waals surface area contributed by atoms with Crippen molar-refractivity contribution in [1.82, 2.24) is 0 Å². The average Bonchev–Trinajstić information content (AvgIpc) is 2.51. The van der Waals surface area contributed by atoms with Crippen LogP contribution in [0.4, 0.5) is 0 Å². The van der Waals surface area contributed by atoms with E-state index in [9.17, 15) is 0 Å². The second kappa shape index (κ2) is 8.15. The number of halogens is 1. The molecular formula is C21H29IOSi. The molecule has 0 saturated heterocycles. The van der Waals surface area contributed by atoms with Crippen molar-refractivity contribution in [1.29, 1.82) is 0 Å². The quantitative estimate of drug-likeness (QED) is 0.335. The highest BCUT2D eigenvalue weighted by molar-refractivity contribution is 14.1. The normalized spacial score (nSPS) is 14.4. The van der Waals surface area contributed by atoms with Gasteiger partial charge in [-0.15, -0.1) is 0 Å². The molecule has 1 unspecified atom stereocenters. The Morgan fingerprint density at radius 2 is 1.75 bits per heavy atom. The summed E-state index contributed by atoms with van der Waals surface area (Å²) in [5, 5.41) is 2.87. The monoisotopic (exact) mass is 452 g/mol. The summed E-state index contributed by atoms with van der Waals surface area (Å²) in [5.74, 6) is 0. The third-order valence-corrected chi connectivity index (χ3v) is 9.99. The van der Waals surface area contributed by atoms with Gasteiger partial charge in [-0.3, -0.25) is 0 Å². The van der Waals surface area contributed by atoms with Crippen LogP contribution in [0.15, 0.2) is 52.6 Å². The van der Waals surface area contributed by atoms with Crippen LogP contribution in [0.2, 0.25) is 18.1 Å². The highest BCUT2D eigenvalue weighted by atomic mass is 127. The fourth-order valence-electron chi connectivity index (χ4n) is 2.53. The summed E-state index contributed by atoms with van der Waals surface area (Å²) in [5.41, 5.74) is 1.39. The summed E-state index contributed by atoms with van der Waals surface area (Å²) in [6.45, 7) is 11.6. The average molecular weight is 452 g/mol. The van der Waals surface area contributed by atoms with Crippen LogP contribution in [0, 0.1) is 0 Å². The second-order valence-corrected chi connectivity index (χ2v) is 13.4. The van der Waals surface area contributed by atoms with Gasteiger partial charge in [0.15, 0.2) is 8.32 Å². The maximum Gasteiger partial charge on any atom is 0.192 e. The Kier molecular flexibility index (Phi) is 6.68. The van der Waals surface area contributed by atoms with Crippen molar-refractivity contribution < 1.29 is 4.43 Å². The first-order chi connectivity index (χ1) is 11.2. The lowest BCUT2D eigenvalue weighted by Gasteiger charge is -2.38. The third kappa shape index (κ3) is 5.17. The van der Waals surface area contributed by atoms with E-state index in [0.717, 1.165) is 12.8 Å². The number of aryl methyl sites for hydroxylation is 1. The molecule has 3 heteroatoms. The maximum atomic E-state index is 6.60. The van der Waals surface area contributed by atoms with Gasteiger partial charge >= 0.3 is 0 Å². The Bertz CT molecular complexity index is 700. The van der Waals surface area contributed by atoms with E-state index in [4.69, 9.17) is 4.43 Å². The molecule has 0 N–H and O–H groups in total. The first kappa shape index (κ1) is 19.7. The third-order valence-electron chi connectivity index (χ3n) is 5.07. The highest BCUT2D eigenvalue weighted by Crippen LogP contribution is 2.38. The minimum Gasteiger partial charge on any atom is -0.411 e. The van der Waals surface area contributed by atoms with Crippen LogP contribution in [0.25, 0.3) is 10.8 Å². The topological polar surface area (TPSA) is 9.23 Å². The van der Waals surface area contributed by atoms with E-state index in [1.54, 1.807) is 0 Å². The molecule has 2 aromatic carbocycles. The van der Waals surface area contributed by atoms with Crippen molar-refractivity contribution in [2.45, 2.75) is 57.8 Å². The molecule has 0 heterocycles. The Morgan fingerprint density at radius 3 is 2.38 bits per heavy atom. The molecule has 0 spiro atoms. The molecule has 0 aromatic heterocycles. The minimum atomic E-state index is -1.74. The molecule has 2 aromatic rings. The number of benzene rings is 2. The molecule has 0 radical (unpaired) electrons. The van der Waals surface area contributed by atoms with Gasteiger partial charge in [0.05, 0.1) is 6.10 Å². The molecule has 0 fully saturated rings. The molecule has 24 heavy (non-hydrogen) atoms. The second-order valence-electron chi connectivity index (χ2n) is 7.96. The lowest BCUT2D eigenvalue weighted by atomic mass is 10.0. The lowest BCUT2D eigenvalue weighted by Crippen LogP contribution is -2.43. The van der Waals surface area contributed by atoms with Gasteiger partial charge in [-0.1, -0.05) is 91.9 Å². The molecule has 1 atom stereocenters. The Labute approximate surface area is 161 Å². The molecule has 0 aliphatic carbocycles. The number of hydrogen-bond donors (Lipinski definition) is 0. The van der Waals surface area contributed by atoms with Gasteiger partial charge in [0.1, 0.15) is 0 Å².